The van der Waals surface area contributed by atoms with Crippen LogP contribution in [-0.4, -0.2) is 21.0 Å². The van der Waals surface area contributed by atoms with Gasteiger partial charge in [-0.25, -0.2) is 9.97 Å². The van der Waals surface area contributed by atoms with Crippen molar-refractivity contribution in [3.8, 4) is 11.1 Å². The molecule has 2 N–H and O–H groups in total. The summed E-state index contributed by atoms with van der Waals surface area (Å²) in [4.78, 5) is 22.2. The maximum atomic E-state index is 13.0. The van der Waals surface area contributed by atoms with Gasteiger partial charge in [0.2, 0.25) is 5.82 Å². The molecule has 0 aliphatic heterocycles. The maximum absolute atomic E-state index is 13.0. The van der Waals surface area contributed by atoms with Gasteiger partial charge in [0, 0.05) is 34.1 Å². The van der Waals surface area contributed by atoms with E-state index >= 15 is 0 Å². The number of aromatic nitrogens is 3. The summed E-state index contributed by atoms with van der Waals surface area (Å²) in [6.45, 7) is 4.57. The summed E-state index contributed by atoms with van der Waals surface area (Å²) >= 11 is 12.1. The number of carbonyl (C=O) groups excluding carboxylic acids is 1. The Morgan fingerprint density at radius 1 is 0.892 bits per heavy atom. The third-order valence-corrected chi connectivity index (χ3v) is 6.42. The number of anilines is 1. The lowest BCUT2D eigenvalue weighted by atomic mass is 10.0. The molecule has 0 bridgehead atoms. The first kappa shape index (κ1) is 24.7. The van der Waals surface area contributed by atoms with Crippen LogP contribution < -0.4 is 10.6 Å². The van der Waals surface area contributed by atoms with Gasteiger partial charge in [-0.05, 0) is 66.9 Å². The molecule has 7 nitrogen and oxygen atoms in total. The van der Waals surface area contributed by atoms with Gasteiger partial charge in [-0.3, -0.25) is 4.79 Å². The predicted molar refractivity (Wildman–Crippen MR) is 146 cm³/mol. The molecule has 0 spiro atoms. The van der Waals surface area contributed by atoms with Crippen molar-refractivity contribution in [2.45, 2.75) is 26.9 Å². The van der Waals surface area contributed by atoms with Crippen LogP contribution >= 0.6 is 23.2 Å². The number of rotatable bonds is 7. The zero-order chi connectivity index (χ0) is 25.9. The number of aryl methyl sites for hydroxylation is 2. The summed E-state index contributed by atoms with van der Waals surface area (Å²) < 4.78 is 5.36. The number of nitrogens with one attached hydrogen (secondary N) is 2. The molecular weight excluding hydrogens is 509 g/mol. The van der Waals surface area contributed by atoms with Crippen molar-refractivity contribution >= 4 is 45.8 Å². The molecule has 2 aromatic heterocycles. The van der Waals surface area contributed by atoms with Gasteiger partial charge in [0.25, 0.3) is 5.91 Å². The lowest BCUT2D eigenvalue weighted by molar-refractivity contribution is 0.0941. The number of nitrogens with zero attached hydrogens (tertiary/aromatic N) is 3. The first-order chi connectivity index (χ1) is 17.9. The van der Waals surface area contributed by atoms with Crippen LogP contribution in [0.3, 0.4) is 0 Å². The van der Waals surface area contributed by atoms with Crippen LogP contribution in [0.5, 0.6) is 0 Å². The van der Waals surface area contributed by atoms with E-state index in [1.165, 1.54) is 0 Å². The Morgan fingerprint density at radius 3 is 2.43 bits per heavy atom. The SMILES string of the molecule is Cc1noc(C)c1-c1ccc2nc(C(=O)NCc3ccc(Cl)cc3)nc(NCc3cccc(Cl)c3)c2c1. The molecule has 0 aliphatic rings. The fourth-order valence-electron chi connectivity index (χ4n) is 4.11. The third-order valence-electron chi connectivity index (χ3n) is 5.94. The van der Waals surface area contributed by atoms with E-state index in [-0.39, 0.29) is 11.7 Å². The molecule has 0 radical (unpaired) electrons. The average Bonchev–Trinajstić information content (AvgIpc) is 3.24. The Bertz CT molecular complexity index is 1580. The fourth-order valence-corrected chi connectivity index (χ4v) is 4.45. The highest BCUT2D eigenvalue weighted by atomic mass is 35.5. The second-order valence-electron chi connectivity index (χ2n) is 8.62. The normalized spacial score (nSPS) is 11.0. The molecule has 0 atom stereocenters. The van der Waals surface area contributed by atoms with Crippen molar-refractivity contribution in [1.82, 2.24) is 20.4 Å². The van der Waals surface area contributed by atoms with Crippen molar-refractivity contribution in [2.24, 2.45) is 0 Å². The minimum atomic E-state index is -0.377. The lowest BCUT2D eigenvalue weighted by Gasteiger charge is -2.13. The van der Waals surface area contributed by atoms with Crippen molar-refractivity contribution in [2.75, 3.05) is 5.32 Å². The van der Waals surface area contributed by atoms with Crippen LogP contribution in [-0.2, 0) is 13.1 Å². The van der Waals surface area contributed by atoms with E-state index in [1.807, 2.05) is 68.4 Å². The Hall–Kier alpha value is -3.94. The van der Waals surface area contributed by atoms with E-state index in [0.29, 0.717) is 34.5 Å². The predicted octanol–water partition coefficient (Wildman–Crippen LogP) is 6.75. The fraction of sp³-hybridized carbons (Fsp3) is 0.143. The molecular formula is C28H23Cl2N5O2. The Balaban J connectivity index is 1.50. The number of halogens is 2. The van der Waals surface area contributed by atoms with Gasteiger partial charge < -0.3 is 15.2 Å². The molecule has 0 saturated heterocycles. The molecule has 3 aromatic carbocycles. The van der Waals surface area contributed by atoms with Gasteiger partial charge in [0.15, 0.2) is 0 Å². The quantitative estimate of drug-likeness (QED) is 0.241. The summed E-state index contributed by atoms with van der Waals surface area (Å²) in [6, 6.07) is 20.6. The molecule has 0 saturated carbocycles. The largest absolute Gasteiger partial charge is 0.365 e. The molecule has 0 aliphatic carbocycles. The first-order valence-corrected chi connectivity index (χ1v) is 12.4. The Kier molecular flexibility index (Phi) is 7.08. The zero-order valence-electron chi connectivity index (χ0n) is 20.2. The smallest absolute Gasteiger partial charge is 0.289 e. The highest BCUT2D eigenvalue weighted by molar-refractivity contribution is 6.30. The molecule has 0 unspecified atom stereocenters. The van der Waals surface area contributed by atoms with Crippen molar-refractivity contribution < 1.29 is 9.32 Å². The molecule has 0 fully saturated rings. The van der Waals surface area contributed by atoms with Crippen LogP contribution in [0.15, 0.2) is 71.3 Å². The summed E-state index contributed by atoms with van der Waals surface area (Å²) in [5.41, 5.74) is 5.18. The highest BCUT2D eigenvalue weighted by Crippen LogP contribution is 2.31. The van der Waals surface area contributed by atoms with Crippen molar-refractivity contribution in [3.05, 3.63) is 105 Å². The van der Waals surface area contributed by atoms with E-state index in [2.05, 4.69) is 25.8 Å². The number of fused-ring (bicyclic) bond motifs is 1. The third kappa shape index (κ3) is 5.58. The van der Waals surface area contributed by atoms with Crippen LogP contribution in [0, 0.1) is 13.8 Å². The maximum Gasteiger partial charge on any atom is 0.289 e. The monoisotopic (exact) mass is 531 g/mol. The first-order valence-electron chi connectivity index (χ1n) is 11.6. The van der Waals surface area contributed by atoms with Gasteiger partial charge in [-0.2, -0.15) is 0 Å². The standard InChI is InChI=1S/C28H23Cl2N5O2/c1-16-25(17(2)37-35-16)20-8-11-24-23(13-20)26(31-15-19-4-3-5-22(30)12-19)34-27(33-24)28(36)32-14-18-6-9-21(29)10-7-18/h3-13H,14-15H2,1-2H3,(H,32,36)(H,31,33,34). The average molecular weight is 532 g/mol. The molecule has 5 rings (SSSR count). The Morgan fingerprint density at radius 2 is 1.70 bits per heavy atom. The summed E-state index contributed by atoms with van der Waals surface area (Å²) in [5.74, 6) is 0.956. The van der Waals surface area contributed by atoms with Gasteiger partial charge in [-0.1, -0.05) is 58.7 Å². The van der Waals surface area contributed by atoms with Crippen LogP contribution in [0.25, 0.3) is 22.0 Å². The van der Waals surface area contributed by atoms with E-state index in [1.54, 1.807) is 12.1 Å². The molecule has 5 aromatic rings. The minimum Gasteiger partial charge on any atom is -0.365 e. The van der Waals surface area contributed by atoms with E-state index in [4.69, 9.17) is 27.7 Å². The summed E-state index contributed by atoms with van der Waals surface area (Å²) in [6.07, 6.45) is 0. The second kappa shape index (κ2) is 10.6. The second-order valence-corrected chi connectivity index (χ2v) is 9.49. The van der Waals surface area contributed by atoms with E-state index < -0.39 is 0 Å². The molecule has 2 heterocycles. The summed E-state index contributed by atoms with van der Waals surface area (Å²) in [5, 5.41) is 12.4. The molecule has 9 heteroatoms. The topological polar surface area (TPSA) is 92.9 Å². The van der Waals surface area contributed by atoms with E-state index in [9.17, 15) is 4.79 Å². The minimum absolute atomic E-state index is 0.0696. The molecule has 186 valence electrons. The van der Waals surface area contributed by atoms with Crippen molar-refractivity contribution in [1.29, 1.82) is 0 Å². The molecule has 1 amide bonds. The van der Waals surface area contributed by atoms with Gasteiger partial charge in [0.1, 0.15) is 11.6 Å². The van der Waals surface area contributed by atoms with Crippen LogP contribution in [0.1, 0.15) is 33.2 Å². The molecule has 37 heavy (non-hydrogen) atoms. The number of benzene rings is 3. The van der Waals surface area contributed by atoms with Crippen molar-refractivity contribution in [3.63, 3.8) is 0 Å². The van der Waals surface area contributed by atoms with Crippen LogP contribution in [0.2, 0.25) is 10.0 Å². The number of hydrogen-bond acceptors (Lipinski definition) is 6. The van der Waals surface area contributed by atoms with Crippen LogP contribution in [0.4, 0.5) is 5.82 Å². The van der Waals surface area contributed by atoms with E-state index in [0.717, 1.165) is 39.1 Å². The summed E-state index contributed by atoms with van der Waals surface area (Å²) in [7, 11) is 0. The van der Waals surface area contributed by atoms with Gasteiger partial charge >= 0.3 is 0 Å². The highest BCUT2D eigenvalue weighted by Gasteiger charge is 2.17. The zero-order valence-corrected chi connectivity index (χ0v) is 21.7. The van der Waals surface area contributed by atoms with Gasteiger partial charge in [0.05, 0.1) is 11.2 Å². The Labute approximate surface area is 223 Å². The number of amides is 1. The number of hydrogen-bond donors (Lipinski definition) is 2. The lowest BCUT2D eigenvalue weighted by Crippen LogP contribution is -2.25. The van der Waals surface area contributed by atoms with Gasteiger partial charge in [-0.15, -0.1) is 0 Å². The number of carbonyl (C=O) groups is 1.